The van der Waals surface area contributed by atoms with Crippen LogP contribution in [-0.2, 0) is 26.0 Å². The average molecular weight is 735 g/mol. The summed E-state index contributed by atoms with van der Waals surface area (Å²) in [6.07, 6.45) is 5.08. The van der Waals surface area contributed by atoms with Gasteiger partial charge in [-0.1, -0.05) is 49.6 Å². The van der Waals surface area contributed by atoms with Gasteiger partial charge in [0.2, 0.25) is 5.91 Å². The van der Waals surface area contributed by atoms with Crippen LogP contribution in [0.3, 0.4) is 0 Å². The van der Waals surface area contributed by atoms with Crippen molar-refractivity contribution < 1.29 is 40.3 Å². The number of amides is 2. The molecule has 2 aliphatic heterocycles. The third-order valence-corrected chi connectivity index (χ3v) is 11.6. The highest BCUT2D eigenvalue weighted by Gasteiger charge is 2.47. The van der Waals surface area contributed by atoms with Gasteiger partial charge in [0.05, 0.1) is 35.6 Å². The van der Waals surface area contributed by atoms with Crippen LogP contribution in [0.1, 0.15) is 65.5 Å². The van der Waals surface area contributed by atoms with E-state index in [-0.39, 0.29) is 23.8 Å². The van der Waals surface area contributed by atoms with Gasteiger partial charge in [-0.2, -0.15) is 21.6 Å². The van der Waals surface area contributed by atoms with Gasteiger partial charge in [-0.25, -0.2) is 14.1 Å². The first-order valence-electron chi connectivity index (χ1n) is 17.3. The average Bonchev–Trinajstić information content (AvgIpc) is 3.49. The highest BCUT2D eigenvalue weighted by Crippen LogP contribution is 2.50. The molecule has 3 aliphatic rings. The Kier molecular flexibility index (Phi) is 8.56. The summed E-state index contributed by atoms with van der Waals surface area (Å²) in [4.78, 5) is 34.2. The molecule has 4 heterocycles. The quantitative estimate of drug-likeness (QED) is 0.191. The number of ether oxygens (including phenoxy) is 1. The number of nitrogens with one attached hydrogen (secondary N) is 1. The van der Waals surface area contributed by atoms with E-state index >= 15 is 0 Å². The van der Waals surface area contributed by atoms with E-state index in [2.05, 4.69) is 0 Å². The first-order valence-corrected chi connectivity index (χ1v) is 18.8. The van der Waals surface area contributed by atoms with Gasteiger partial charge in [-0.15, -0.1) is 0 Å². The molecule has 1 atom stereocenters. The second-order valence-electron chi connectivity index (χ2n) is 13.6. The number of halogens is 4. The van der Waals surface area contributed by atoms with Gasteiger partial charge in [-0.3, -0.25) is 9.59 Å². The molecule has 1 unspecified atom stereocenters. The van der Waals surface area contributed by atoms with Crippen molar-refractivity contribution >= 4 is 43.6 Å². The maximum absolute atomic E-state index is 14.8. The van der Waals surface area contributed by atoms with Crippen LogP contribution in [0.25, 0.3) is 44.3 Å². The number of hydrogen-bond donors (Lipinski definition) is 1. The molecule has 0 radical (unpaired) electrons. The number of carbonyl (C=O) groups is 2. The summed E-state index contributed by atoms with van der Waals surface area (Å²) in [6.45, 7) is 1.48. The molecule has 5 aromatic rings. The summed E-state index contributed by atoms with van der Waals surface area (Å²) >= 11 is 0. The summed E-state index contributed by atoms with van der Waals surface area (Å²) in [6, 6.07) is 17.5. The van der Waals surface area contributed by atoms with Crippen molar-refractivity contribution in [1.29, 1.82) is 0 Å². The molecule has 2 fully saturated rings. The zero-order chi connectivity index (χ0) is 36.4. The third-order valence-electron chi connectivity index (χ3n) is 10.6. The van der Waals surface area contributed by atoms with E-state index < -0.39 is 33.3 Å². The van der Waals surface area contributed by atoms with Gasteiger partial charge in [0.25, 0.3) is 5.91 Å². The van der Waals surface area contributed by atoms with Crippen molar-refractivity contribution in [2.75, 3.05) is 26.3 Å². The summed E-state index contributed by atoms with van der Waals surface area (Å²) in [5.41, 5.74) is -0.521. The van der Waals surface area contributed by atoms with Gasteiger partial charge >= 0.3 is 15.5 Å². The first-order chi connectivity index (χ1) is 24.9. The fourth-order valence-electron chi connectivity index (χ4n) is 8.12. The van der Waals surface area contributed by atoms with E-state index in [0.717, 1.165) is 70.0 Å². The normalized spacial score (nSPS) is 18.3. The minimum atomic E-state index is -5.96. The minimum Gasteiger partial charge on any atom is -0.378 e. The van der Waals surface area contributed by atoms with Gasteiger partial charge in [0, 0.05) is 47.0 Å². The Morgan fingerprint density at radius 2 is 1.62 bits per heavy atom. The van der Waals surface area contributed by atoms with Crippen molar-refractivity contribution in [1.82, 2.24) is 19.2 Å². The number of morpholine rings is 1. The molecule has 1 saturated carbocycles. The molecule has 1 N–H and O–H groups in total. The third kappa shape index (κ3) is 5.81. The van der Waals surface area contributed by atoms with Crippen LogP contribution in [0, 0.1) is 5.82 Å². The zero-order valence-electron chi connectivity index (χ0n) is 27.9. The SMILES string of the molecule is O=C(NS(=O)(=O)C(F)(F)F)c1ccc2c(C3CCCCC3)c3n(c2c1)C(C(=O)N1CCOCC1)Cc1c-3ccc2nc(-c3ccccc3F)ccc12. The Balaban J connectivity index is 1.36. The van der Waals surface area contributed by atoms with E-state index in [1.165, 1.54) is 18.2 Å². The maximum Gasteiger partial charge on any atom is 0.516 e. The Hall–Kier alpha value is -4.82. The van der Waals surface area contributed by atoms with Crippen molar-refractivity contribution in [2.45, 2.75) is 56.0 Å². The number of aromatic nitrogens is 2. The molecule has 0 bridgehead atoms. The van der Waals surface area contributed by atoms with Gasteiger partial charge < -0.3 is 14.2 Å². The van der Waals surface area contributed by atoms with Crippen molar-refractivity contribution in [3.8, 4) is 22.5 Å². The lowest BCUT2D eigenvalue weighted by atomic mass is 9.80. The monoisotopic (exact) mass is 734 g/mol. The fourth-order valence-corrected chi connectivity index (χ4v) is 8.60. The van der Waals surface area contributed by atoms with Crippen LogP contribution in [0.15, 0.2) is 66.7 Å². The van der Waals surface area contributed by atoms with Crippen molar-refractivity contribution in [3.05, 3.63) is 89.2 Å². The van der Waals surface area contributed by atoms with Crippen LogP contribution in [-0.4, -0.2) is 66.5 Å². The number of carbonyl (C=O) groups excluding carboxylic acids is 2. The number of nitrogens with zero attached hydrogens (tertiary/aromatic N) is 3. The number of alkyl halides is 3. The lowest BCUT2D eigenvalue weighted by Crippen LogP contribution is -2.45. The molecule has 2 aromatic heterocycles. The minimum absolute atomic E-state index is 0.0973. The van der Waals surface area contributed by atoms with Crippen LogP contribution in [0.2, 0.25) is 0 Å². The van der Waals surface area contributed by atoms with Gasteiger partial charge in [0.1, 0.15) is 11.9 Å². The highest BCUT2D eigenvalue weighted by atomic mass is 32.2. The summed E-state index contributed by atoms with van der Waals surface area (Å²) in [7, 11) is -5.96. The van der Waals surface area contributed by atoms with E-state index in [4.69, 9.17) is 9.72 Å². The van der Waals surface area contributed by atoms with Crippen LogP contribution in [0.4, 0.5) is 17.6 Å². The molecule has 0 spiro atoms. The molecular weight excluding hydrogens is 700 g/mol. The van der Waals surface area contributed by atoms with Gasteiger partial charge in [-0.05, 0) is 66.3 Å². The number of hydrogen-bond acceptors (Lipinski definition) is 6. The highest BCUT2D eigenvalue weighted by molar-refractivity contribution is 7.90. The smallest absolute Gasteiger partial charge is 0.378 e. The molecule has 9 nitrogen and oxygen atoms in total. The van der Waals surface area contributed by atoms with Crippen LogP contribution in [0.5, 0.6) is 0 Å². The van der Waals surface area contributed by atoms with Crippen molar-refractivity contribution in [3.63, 3.8) is 0 Å². The van der Waals surface area contributed by atoms with E-state index in [1.807, 2.05) is 22.8 Å². The van der Waals surface area contributed by atoms with E-state index in [9.17, 15) is 35.6 Å². The Bertz CT molecular complexity index is 2360. The van der Waals surface area contributed by atoms with E-state index in [1.54, 1.807) is 35.2 Å². The number of pyridine rings is 1. The lowest BCUT2D eigenvalue weighted by molar-refractivity contribution is -0.138. The summed E-state index contributed by atoms with van der Waals surface area (Å²) in [5.74, 6) is -1.90. The molecule has 1 saturated heterocycles. The molecule has 2 amide bonds. The Morgan fingerprint density at radius 1 is 0.885 bits per heavy atom. The summed E-state index contributed by atoms with van der Waals surface area (Å²) in [5, 5.41) is 1.55. The Labute approximate surface area is 296 Å². The van der Waals surface area contributed by atoms with Crippen LogP contribution < -0.4 is 4.72 Å². The molecular formula is C38H34F4N4O5S. The van der Waals surface area contributed by atoms with Gasteiger partial charge in [0.15, 0.2) is 0 Å². The second kappa shape index (κ2) is 13.0. The lowest BCUT2D eigenvalue weighted by Gasteiger charge is -2.35. The maximum atomic E-state index is 14.8. The molecule has 52 heavy (non-hydrogen) atoms. The predicted octanol–water partition coefficient (Wildman–Crippen LogP) is 7.25. The largest absolute Gasteiger partial charge is 0.516 e. The summed E-state index contributed by atoms with van der Waals surface area (Å²) < 4.78 is 86.7. The molecule has 1 aliphatic carbocycles. The predicted molar refractivity (Wildman–Crippen MR) is 186 cm³/mol. The molecule has 8 rings (SSSR count). The standard InChI is InChI=1S/C38H34F4N4O5S/c39-29-9-5-4-8-26(29)31-14-12-24-28-21-33(37(48)45-16-18-51-19-17-45)46-32-20-23(36(47)44-52(49,50)38(40,41)42)10-11-27(32)34(22-6-2-1-3-7-22)35(46)25(28)13-15-30(24)43-31/h4-5,8-15,20,22,33H,1-3,6-7,16-19,21H2,(H,44,47). The first kappa shape index (κ1) is 34.3. The Morgan fingerprint density at radius 3 is 2.35 bits per heavy atom. The zero-order valence-corrected chi connectivity index (χ0v) is 28.7. The number of rotatable bonds is 5. The molecule has 3 aromatic carbocycles. The molecule has 270 valence electrons. The van der Waals surface area contributed by atoms with Crippen LogP contribution >= 0.6 is 0 Å². The van der Waals surface area contributed by atoms with Crippen molar-refractivity contribution in [2.24, 2.45) is 0 Å². The van der Waals surface area contributed by atoms with E-state index in [0.29, 0.717) is 48.6 Å². The fraction of sp³-hybridized carbons (Fsp3) is 0.342. The number of benzene rings is 3. The number of fused-ring (bicyclic) bond motifs is 7. The molecule has 14 heteroatoms. The second-order valence-corrected chi connectivity index (χ2v) is 15.2. The topological polar surface area (TPSA) is 111 Å². The number of sulfonamides is 1.